The highest BCUT2D eigenvalue weighted by Gasteiger charge is 2.16. The quantitative estimate of drug-likeness (QED) is 0.599. The fraction of sp³-hybridized carbons (Fsp3) is 0.381. The lowest BCUT2D eigenvalue weighted by Gasteiger charge is -2.24. The van der Waals surface area contributed by atoms with E-state index in [0.29, 0.717) is 11.9 Å². The standard InChI is InChI=1S/C21H26N6O/c1-3-15-6-4-5-7-17(15)21-24-18(22-16-8-10-28-11-9-16)13-19(25-21)23-20-12-14(2)26-27-20/h4-7,12-13,16H,3,8-11H2,1-2H3,(H3,22,23,24,25,26,27). The molecule has 0 saturated carbocycles. The molecule has 1 saturated heterocycles. The average Bonchev–Trinajstić information content (AvgIpc) is 3.13. The van der Waals surface area contributed by atoms with E-state index in [9.17, 15) is 0 Å². The maximum atomic E-state index is 5.47. The minimum Gasteiger partial charge on any atom is -0.381 e. The van der Waals surface area contributed by atoms with E-state index in [4.69, 9.17) is 14.7 Å². The Morgan fingerprint density at radius 2 is 1.86 bits per heavy atom. The van der Waals surface area contributed by atoms with E-state index in [2.05, 4.69) is 46.0 Å². The number of ether oxygens (including phenoxy) is 1. The normalized spacial score (nSPS) is 14.8. The van der Waals surface area contributed by atoms with Gasteiger partial charge in [-0.05, 0) is 31.7 Å². The van der Waals surface area contributed by atoms with Crippen molar-refractivity contribution < 1.29 is 4.74 Å². The summed E-state index contributed by atoms with van der Waals surface area (Å²) < 4.78 is 5.47. The zero-order chi connectivity index (χ0) is 19.3. The summed E-state index contributed by atoms with van der Waals surface area (Å²) in [6.45, 7) is 5.69. The Bertz CT molecular complexity index is 932. The minimum absolute atomic E-state index is 0.360. The second-order valence-electron chi connectivity index (χ2n) is 7.06. The molecule has 1 aliphatic rings. The SMILES string of the molecule is CCc1ccccc1-c1nc(Nc2cc(C)[nH]n2)cc(NC2CCOCC2)n1. The number of rotatable bonds is 6. The first kappa shape index (κ1) is 18.4. The van der Waals surface area contributed by atoms with Crippen LogP contribution in [0.1, 0.15) is 31.0 Å². The Morgan fingerprint density at radius 1 is 1.07 bits per heavy atom. The lowest BCUT2D eigenvalue weighted by atomic mass is 10.0. The second-order valence-corrected chi connectivity index (χ2v) is 7.06. The van der Waals surface area contributed by atoms with E-state index in [1.807, 2.05) is 25.1 Å². The lowest BCUT2D eigenvalue weighted by molar-refractivity contribution is 0.0904. The number of benzene rings is 1. The van der Waals surface area contributed by atoms with Crippen molar-refractivity contribution in [3.63, 3.8) is 0 Å². The van der Waals surface area contributed by atoms with Crippen LogP contribution in [0.3, 0.4) is 0 Å². The van der Waals surface area contributed by atoms with Crippen molar-refractivity contribution in [3.05, 3.63) is 47.7 Å². The summed E-state index contributed by atoms with van der Waals surface area (Å²) in [7, 11) is 0. The first-order valence-electron chi connectivity index (χ1n) is 9.82. The van der Waals surface area contributed by atoms with Crippen molar-refractivity contribution in [2.75, 3.05) is 23.8 Å². The van der Waals surface area contributed by atoms with Gasteiger partial charge in [-0.15, -0.1) is 0 Å². The second kappa shape index (κ2) is 8.39. The van der Waals surface area contributed by atoms with Gasteiger partial charge in [-0.3, -0.25) is 5.10 Å². The molecule has 0 aliphatic carbocycles. The fourth-order valence-electron chi connectivity index (χ4n) is 3.42. The van der Waals surface area contributed by atoms with E-state index in [-0.39, 0.29) is 0 Å². The van der Waals surface area contributed by atoms with Gasteiger partial charge in [0.1, 0.15) is 11.6 Å². The van der Waals surface area contributed by atoms with Crippen molar-refractivity contribution in [3.8, 4) is 11.4 Å². The molecule has 3 N–H and O–H groups in total. The maximum Gasteiger partial charge on any atom is 0.164 e. The van der Waals surface area contributed by atoms with Crippen molar-refractivity contribution in [1.82, 2.24) is 20.2 Å². The zero-order valence-corrected chi connectivity index (χ0v) is 16.3. The van der Waals surface area contributed by atoms with Gasteiger partial charge >= 0.3 is 0 Å². The van der Waals surface area contributed by atoms with Crippen LogP contribution in [0.2, 0.25) is 0 Å². The molecular formula is C21H26N6O. The van der Waals surface area contributed by atoms with Crippen LogP contribution in [0.15, 0.2) is 36.4 Å². The molecule has 3 heterocycles. The van der Waals surface area contributed by atoms with E-state index >= 15 is 0 Å². The van der Waals surface area contributed by atoms with Gasteiger partial charge in [-0.2, -0.15) is 5.10 Å². The average molecular weight is 378 g/mol. The number of aromatic amines is 1. The molecule has 0 atom stereocenters. The maximum absolute atomic E-state index is 5.47. The third-order valence-corrected chi connectivity index (χ3v) is 4.90. The Kier molecular flexibility index (Phi) is 5.53. The molecule has 2 aromatic heterocycles. The van der Waals surface area contributed by atoms with Gasteiger partial charge in [-0.25, -0.2) is 9.97 Å². The molecule has 3 aromatic rings. The predicted molar refractivity (Wildman–Crippen MR) is 111 cm³/mol. The molecule has 0 spiro atoms. The van der Waals surface area contributed by atoms with E-state index in [1.165, 1.54) is 5.56 Å². The summed E-state index contributed by atoms with van der Waals surface area (Å²) in [5, 5.41) is 14.1. The number of nitrogens with one attached hydrogen (secondary N) is 3. The van der Waals surface area contributed by atoms with Crippen molar-refractivity contribution in [1.29, 1.82) is 0 Å². The summed E-state index contributed by atoms with van der Waals surface area (Å²) in [5.74, 6) is 2.99. The van der Waals surface area contributed by atoms with Gasteiger partial charge in [0.05, 0.1) is 0 Å². The fourth-order valence-corrected chi connectivity index (χ4v) is 3.42. The Labute approximate surface area is 165 Å². The van der Waals surface area contributed by atoms with Crippen LogP contribution in [-0.2, 0) is 11.2 Å². The molecule has 1 aliphatic heterocycles. The van der Waals surface area contributed by atoms with Crippen LogP contribution >= 0.6 is 0 Å². The lowest BCUT2D eigenvalue weighted by Crippen LogP contribution is -2.28. The van der Waals surface area contributed by atoms with Crippen molar-refractivity contribution in [2.24, 2.45) is 0 Å². The van der Waals surface area contributed by atoms with Crippen LogP contribution in [0.25, 0.3) is 11.4 Å². The number of hydrogen-bond donors (Lipinski definition) is 3. The summed E-state index contributed by atoms with van der Waals surface area (Å²) in [6.07, 6.45) is 2.89. The van der Waals surface area contributed by atoms with E-state index in [0.717, 1.165) is 61.2 Å². The molecular weight excluding hydrogens is 352 g/mol. The molecule has 0 unspecified atom stereocenters. The van der Waals surface area contributed by atoms with Crippen LogP contribution < -0.4 is 10.6 Å². The summed E-state index contributed by atoms with van der Waals surface area (Å²) >= 11 is 0. The number of nitrogens with zero attached hydrogens (tertiary/aromatic N) is 3. The summed E-state index contributed by atoms with van der Waals surface area (Å²) in [4.78, 5) is 9.59. The number of aromatic nitrogens is 4. The van der Waals surface area contributed by atoms with Gasteiger partial charge in [-0.1, -0.05) is 31.2 Å². The third kappa shape index (κ3) is 4.31. The van der Waals surface area contributed by atoms with Gasteiger partial charge in [0.15, 0.2) is 11.6 Å². The van der Waals surface area contributed by atoms with Crippen molar-refractivity contribution >= 4 is 17.5 Å². The number of anilines is 3. The first-order valence-corrected chi connectivity index (χ1v) is 9.82. The minimum atomic E-state index is 0.360. The third-order valence-electron chi connectivity index (χ3n) is 4.90. The van der Waals surface area contributed by atoms with E-state index in [1.54, 1.807) is 0 Å². The number of H-pyrrole nitrogens is 1. The molecule has 4 rings (SSSR count). The zero-order valence-electron chi connectivity index (χ0n) is 16.3. The molecule has 7 nitrogen and oxygen atoms in total. The molecule has 28 heavy (non-hydrogen) atoms. The van der Waals surface area contributed by atoms with Gasteiger partial charge in [0.25, 0.3) is 0 Å². The predicted octanol–water partition coefficient (Wildman–Crippen LogP) is 4.07. The van der Waals surface area contributed by atoms with E-state index < -0.39 is 0 Å². The van der Waals surface area contributed by atoms with Crippen LogP contribution in [0.5, 0.6) is 0 Å². The monoisotopic (exact) mass is 378 g/mol. The van der Waals surface area contributed by atoms with Crippen LogP contribution in [0, 0.1) is 6.92 Å². The van der Waals surface area contributed by atoms with Gasteiger partial charge < -0.3 is 15.4 Å². The highest BCUT2D eigenvalue weighted by molar-refractivity contribution is 5.66. The smallest absolute Gasteiger partial charge is 0.164 e. The first-order chi connectivity index (χ1) is 13.7. The van der Waals surface area contributed by atoms with Gasteiger partial charge in [0.2, 0.25) is 0 Å². The molecule has 1 fully saturated rings. The topological polar surface area (TPSA) is 87.8 Å². The van der Waals surface area contributed by atoms with Crippen LogP contribution in [-0.4, -0.2) is 39.4 Å². The highest BCUT2D eigenvalue weighted by Crippen LogP contribution is 2.26. The largest absolute Gasteiger partial charge is 0.381 e. The molecule has 7 heteroatoms. The Balaban J connectivity index is 1.69. The molecule has 146 valence electrons. The summed E-state index contributed by atoms with van der Waals surface area (Å²) in [5.41, 5.74) is 3.28. The number of hydrogen-bond acceptors (Lipinski definition) is 6. The van der Waals surface area contributed by atoms with Crippen molar-refractivity contribution in [2.45, 2.75) is 39.2 Å². The highest BCUT2D eigenvalue weighted by atomic mass is 16.5. The Hall–Kier alpha value is -2.93. The summed E-state index contributed by atoms with van der Waals surface area (Å²) in [6, 6.07) is 12.5. The van der Waals surface area contributed by atoms with Crippen LogP contribution in [0.4, 0.5) is 17.5 Å². The molecule has 0 radical (unpaired) electrons. The number of aryl methyl sites for hydroxylation is 2. The molecule has 0 amide bonds. The molecule has 1 aromatic carbocycles. The Morgan fingerprint density at radius 3 is 2.61 bits per heavy atom. The molecule has 0 bridgehead atoms. The van der Waals surface area contributed by atoms with Gasteiger partial charge in [0, 0.05) is 42.6 Å².